The fraction of sp³-hybridized carbons (Fsp3) is 0.750. The molecule has 0 spiro atoms. The van der Waals surface area contributed by atoms with E-state index in [0.29, 0.717) is 21.0 Å². The van der Waals surface area contributed by atoms with E-state index in [2.05, 4.69) is 4.78 Å². The third-order valence-electron chi connectivity index (χ3n) is 1.34. The van der Waals surface area contributed by atoms with Crippen molar-refractivity contribution in [2.45, 2.75) is 6.42 Å². The van der Waals surface area contributed by atoms with Crippen LogP contribution in [0.4, 0.5) is 0 Å². The number of rotatable bonds is 0. The Hall–Kier alpha value is 0.665. The van der Waals surface area contributed by atoms with Crippen LogP contribution in [-0.4, -0.2) is 14.7 Å². The summed E-state index contributed by atoms with van der Waals surface area (Å²) in [6.45, 7) is 0. The number of alkyl halides is 1. The van der Waals surface area contributed by atoms with E-state index in [-0.39, 0.29) is 0 Å². The summed E-state index contributed by atoms with van der Waals surface area (Å²) in [5, 5.41) is 0. The average Bonchev–Trinajstić information content (AvgIpc) is 2.17. The van der Waals surface area contributed by atoms with Crippen molar-refractivity contribution in [2.75, 3.05) is 4.43 Å². The van der Waals surface area contributed by atoms with Crippen LogP contribution >= 0.6 is 0 Å². The molecule has 2 rings (SSSR count). The number of fused-ring (bicyclic) bond motifs is 1. The second kappa shape index (κ2) is 1.08. The Kier molecular flexibility index (Phi) is 0.658. The molecule has 0 aromatic carbocycles. The van der Waals surface area contributed by atoms with Crippen LogP contribution in [0.15, 0.2) is 0 Å². The molecule has 1 heterocycles. The topological polar surface area (TPSA) is 0 Å². The van der Waals surface area contributed by atoms with E-state index in [4.69, 9.17) is 0 Å². The van der Waals surface area contributed by atoms with Gasteiger partial charge in [-0.15, -0.1) is 0 Å². The zero-order valence-corrected chi connectivity index (χ0v) is 5.60. The first-order chi connectivity index (χ1) is 2.97. The maximum atomic E-state index is 2.50. The summed E-state index contributed by atoms with van der Waals surface area (Å²) >= 11 is 0.590. The molecular weight excluding hydrogens is 186 g/mol. The van der Waals surface area contributed by atoms with Gasteiger partial charge in [0, 0.05) is 0 Å². The zero-order valence-electron chi connectivity index (χ0n) is 3.45. The summed E-state index contributed by atoms with van der Waals surface area (Å²) < 4.78 is 4.08. The molecule has 1 aliphatic heterocycles. The van der Waals surface area contributed by atoms with Crippen molar-refractivity contribution in [3.63, 3.8) is 0 Å². The predicted molar refractivity (Wildman–Crippen MR) is 23.7 cm³/mol. The summed E-state index contributed by atoms with van der Waals surface area (Å²) in [6, 6.07) is 0. The predicted octanol–water partition coefficient (Wildman–Crippen LogP) is -3.10. The Morgan fingerprint density at radius 1 is 1.83 bits per heavy atom. The maximum absolute atomic E-state index is 2.50. The summed E-state index contributed by atoms with van der Waals surface area (Å²) in [5.74, 6) is 1.12. The minimum atomic E-state index is 0.590. The van der Waals surface area contributed by atoms with Gasteiger partial charge in [-0.05, 0) is 0 Å². The van der Waals surface area contributed by atoms with Gasteiger partial charge < -0.3 is 0 Å². The van der Waals surface area contributed by atoms with Crippen LogP contribution in [0.3, 0.4) is 0 Å². The Labute approximate surface area is 48.2 Å². The van der Waals surface area contributed by atoms with Gasteiger partial charge in [0.15, 0.2) is 0 Å². The van der Waals surface area contributed by atoms with E-state index in [9.17, 15) is 0 Å². The molecule has 0 aromatic rings. The quantitative estimate of drug-likeness (QED) is 0.216. The van der Waals surface area contributed by atoms with Gasteiger partial charge in [-0.25, -0.2) is 0 Å². The van der Waals surface area contributed by atoms with Crippen LogP contribution in [0.1, 0.15) is 6.42 Å². The third kappa shape index (κ3) is 0.391. The van der Waals surface area contributed by atoms with Crippen molar-refractivity contribution in [1.82, 2.24) is 0 Å². The van der Waals surface area contributed by atoms with Gasteiger partial charge in [-0.2, -0.15) is 0 Å². The molecular formula is C4H5BI-. The third-order valence-corrected chi connectivity index (χ3v) is 4.15. The fourth-order valence-corrected chi connectivity index (χ4v) is 3.84. The van der Waals surface area contributed by atoms with E-state index in [1.807, 2.05) is 0 Å². The van der Waals surface area contributed by atoms with E-state index in [0.717, 1.165) is 5.92 Å². The molecule has 0 nitrogen and oxygen atoms in total. The Morgan fingerprint density at radius 3 is 3.00 bits per heavy atom. The standard InChI is InChI=1S/C4H5BI/c1-3-2-6-5-4(1)3/h3H,1-2H2/q-1. The number of hydrogen-bond donors (Lipinski definition) is 0. The Bertz CT molecular complexity index is 108. The zero-order chi connectivity index (χ0) is 3.98. The molecule has 1 aliphatic carbocycles. The summed E-state index contributed by atoms with van der Waals surface area (Å²) in [5.41, 5.74) is 1.79. The molecule has 32 valence electrons. The van der Waals surface area contributed by atoms with E-state index < -0.39 is 0 Å². The van der Waals surface area contributed by atoms with E-state index >= 15 is 0 Å². The Morgan fingerprint density at radius 2 is 2.83 bits per heavy atom. The van der Waals surface area contributed by atoms with Crippen molar-refractivity contribution >= 4 is 10.2 Å². The van der Waals surface area contributed by atoms with Crippen LogP contribution < -0.4 is 21.0 Å². The van der Waals surface area contributed by atoms with Gasteiger partial charge in [-0.1, -0.05) is 0 Å². The van der Waals surface area contributed by atoms with E-state index in [1.165, 1.54) is 6.42 Å². The number of halogens is 1. The van der Waals surface area contributed by atoms with Gasteiger partial charge in [-0.3, -0.25) is 0 Å². The molecule has 0 amide bonds. The summed E-state index contributed by atoms with van der Waals surface area (Å²) in [6.07, 6.45) is 1.47. The van der Waals surface area contributed by atoms with Gasteiger partial charge >= 0.3 is 48.0 Å². The monoisotopic (exact) mass is 191 g/mol. The van der Waals surface area contributed by atoms with Gasteiger partial charge in [0.25, 0.3) is 0 Å². The molecule has 0 saturated heterocycles. The van der Waals surface area contributed by atoms with Gasteiger partial charge in [0.05, 0.1) is 0 Å². The van der Waals surface area contributed by atoms with Crippen molar-refractivity contribution in [3.8, 4) is 0 Å². The molecule has 0 radical (unpaired) electrons. The van der Waals surface area contributed by atoms with Crippen molar-refractivity contribution < 1.29 is 21.0 Å². The van der Waals surface area contributed by atoms with Crippen LogP contribution in [-0.2, 0) is 0 Å². The van der Waals surface area contributed by atoms with Gasteiger partial charge in [0.1, 0.15) is 0 Å². The molecule has 1 fully saturated rings. The number of hydrogen-bond acceptors (Lipinski definition) is 0. The van der Waals surface area contributed by atoms with Crippen molar-refractivity contribution in [1.29, 1.82) is 0 Å². The first-order valence-corrected chi connectivity index (χ1v) is 5.00. The molecule has 0 bridgehead atoms. The molecule has 1 saturated carbocycles. The normalized spacial score (nSPS) is 38.7. The molecule has 1 unspecified atom stereocenters. The second-order valence-electron chi connectivity index (χ2n) is 1.89. The first-order valence-electron chi connectivity index (χ1n) is 2.23. The van der Waals surface area contributed by atoms with E-state index in [1.54, 1.807) is 9.89 Å². The molecule has 2 aliphatic rings. The second-order valence-corrected chi connectivity index (χ2v) is 4.28. The summed E-state index contributed by atoms with van der Waals surface area (Å²) in [7, 11) is 0. The SMILES string of the molecule is B1=C2CC2C[I-]1. The molecule has 1 atom stereocenters. The first kappa shape index (κ1) is 3.64. The van der Waals surface area contributed by atoms with Crippen LogP contribution in [0.5, 0.6) is 0 Å². The van der Waals surface area contributed by atoms with Crippen LogP contribution in [0.2, 0.25) is 0 Å². The molecule has 0 N–H and O–H groups in total. The van der Waals surface area contributed by atoms with Crippen molar-refractivity contribution in [3.05, 3.63) is 0 Å². The minimum absolute atomic E-state index is 0.590. The van der Waals surface area contributed by atoms with Crippen LogP contribution in [0, 0.1) is 5.92 Å². The molecule has 0 aromatic heterocycles. The van der Waals surface area contributed by atoms with Crippen molar-refractivity contribution in [2.24, 2.45) is 5.92 Å². The average molecular weight is 191 g/mol. The summed E-state index contributed by atoms with van der Waals surface area (Å²) in [4.78, 5) is 0. The molecule has 2 heteroatoms. The van der Waals surface area contributed by atoms with Gasteiger partial charge in [0.2, 0.25) is 0 Å². The Balaban J connectivity index is 2.35. The molecule has 6 heavy (non-hydrogen) atoms. The fourth-order valence-electron chi connectivity index (χ4n) is 0.764. The van der Waals surface area contributed by atoms with Crippen LogP contribution in [0.25, 0.3) is 0 Å².